The summed E-state index contributed by atoms with van der Waals surface area (Å²) in [5.41, 5.74) is 1.55. The van der Waals surface area contributed by atoms with Crippen LogP contribution in [0.4, 0.5) is 0 Å². The molecule has 3 rings (SSSR count). The van der Waals surface area contributed by atoms with Gasteiger partial charge in [-0.3, -0.25) is 9.69 Å². The Balaban J connectivity index is 1.68. The van der Waals surface area contributed by atoms with E-state index < -0.39 is 0 Å². The number of carbonyl (C=O) groups is 1. The number of nitrogens with zero attached hydrogens (tertiary/aromatic N) is 5. The molecule has 1 amide bonds. The van der Waals surface area contributed by atoms with E-state index >= 15 is 0 Å². The Labute approximate surface area is 172 Å². The van der Waals surface area contributed by atoms with Crippen molar-refractivity contribution in [3.63, 3.8) is 0 Å². The number of rotatable bonds is 8. The predicted octanol–water partition coefficient (Wildman–Crippen LogP) is 2.61. The molecule has 0 N–H and O–H groups in total. The normalized spacial score (nSPS) is 17.2. The number of piperidine rings is 1. The summed E-state index contributed by atoms with van der Waals surface area (Å²) in [4.78, 5) is 16.7. The number of likely N-dealkylation sites (tertiary alicyclic amines) is 1. The van der Waals surface area contributed by atoms with Crippen LogP contribution in [0, 0.1) is 0 Å². The van der Waals surface area contributed by atoms with Gasteiger partial charge in [-0.15, -0.1) is 5.10 Å². The van der Waals surface area contributed by atoms with E-state index in [4.69, 9.17) is 9.47 Å². The van der Waals surface area contributed by atoms with Gasteiger partial charge >= 0.3 is 0 Å². The van der Waals surface area contributed by atoms with Crippen LogP contribution in [0.1, 0.15) is 48.8 Å². The molecule has 1 aromatic carbocycles. The quantitative estimate of drug-likeness (QED) is 0.677. The Kier molecular flexibility index (Phi) is 7.09. The first kappa shape index (κ1) is 21.1. The van der Waals surface area contributed by atoms with Crippen molar-refractivity contribution in [3.8, 4) is 11.5 Å². The smallest absolute Gasteiger partial charge is 0.276 e. The van der Waals surface area contributed by atoms with Crippen LogP contribution in [-0.4, -0.2) is 71.1 Å². The van der Waals surface area contributed by atoms with Gasteiger partial charge in [-0.25, -0.2) is 4.68 Å². The molecule has 29 heavy (non-hydrogen) atoms. The van der Waals surface area contributed by atoms with Crippen molar-refractivity contribution in [1.29, 1.82) is 0 Å². The standard InChI is InChI=1S/C21H31N5O3/c1-5-25(6-2)21(27)19-15-26(23-22-19)17-8-7-11-24(14-17)13-16-9-10-18(28-3)12-20(16)29-4/h9-10,12,15,17H,5-8,11,13-14H2,1-4H3/t17-/m1/s1. The second-order valence-corrected chi connectivity index (χ2v) is 7.27. The number of hydrogen-bond donors (Lipinski definition) is 0. The van der Waals surface area contributed by atoms with Crippen LogP contribution in [-0.2, 0) is 6.54 Å². The van der Waals surface area contributed by atoms with Gasteiger partial charge < -0.3 is 14.4 Å². The van der Waals surface area contributed by atoms with Gasteiger partial charge in [-0.05, 0) is 39.3 Å². The van der Waals surface area contributed by atoms with Gasteiger partial charge in [0.1, 0.15) is 11.5 Å². The number of ether oxygens (including phenoxy) is 2. The van der Waals surface area contributed by atoms with Gasteiger partial charge in [0.15, 0.2) is 5.69 Å². The Morgan fingerprint density at radius 2 is 2.03 bits per heavy atom. The Morgan fingerprint density at radius 3 is 2.72 bits per heavy atom. The summed E-state index contributed by atoms with van der Waals surface area (Å²) in [5, 5.41) is 8.39. The molecule has 1 aliphatic heterocycles. The minimum Gasteiger partial charge on any atom is -0.497 e. The summed E-state index contributed by atoms with van der Waals surface area (Å²) >= 11 is 0. The molecule has 1 saturated heterocycles. The molecule has 0 unspecified atom stereocenters. The molecule has 0 radical (unpaired) electrons. The van der Waals surface area contributed by atoms with E-state index in [0.717, 1.165) is 49.5 Å². The third-order valence-electron chi connectivity index (χ3n) is 5.52. The van der Waals surface area contributed by atoms with E-state index in [1.807, 2.05) is 30.7 Å². The molecule has 0 spiro atoms. The third kappa shape index (κ3) is 4.87. The van der Waals surface area contributed by atoms with Crippen molar-refractivity contribution in [2.75, 3.05) is 40.4 Å². The maximum atomic E-state index is 12.5. The van der Waals surface area contributed by atoms with Gasteiger partial charge in [-0.1, -0.05) is 11.3 Å². The topological polar surface area (TPSA) is 72.7 Å². The summed E-state index contributed by atoms with van der Waals surface area (Å²) in [6.07, 6.45) is 3.89. The van der Waals surface area contributed by atoms with Crippen LogP contribution in [0.15, 0.2) is 24.4 Å². The molecule has 1 fully saturated rings. The second-order valence-electron chi connectivity index (χ2n) is 7.27. The van der Waals surface area contributed by atoms with Gasteiger partial charge in [0, 0.05) is 37.8 Å². The molecular formula is C21H31N5O3. The first-order valence-electron chi connectivity index (χ1n) is 10.2. The molecule has 158 valence electrons. The van der Waals surface area contributed by atoms with Crippen LogP contribution >= 0.6 is 0 Å². The third-order valence-corrected chi connectivity index (χ3v) is 5.52. The van der Waals surface area contributed by atoms with Gasteiger partial charge in [0.05, 0.1) is 26.5 Å². The van der Waals surface area contributed by atoms with E-state index in [1.54, 1.807) is 25.3 Å². The molecule has 0 bridgehead atoms. The number of amides is 1. The molecule has 0 aliphatic carbocycles. The van der Waals surface area contributed by atoms with E-state index in [-0.39, 0.29) is 11.9 Å². The number of benzene rings is 1. The van der Waals surface area contributed by atoms with E-state index in [1.165, 1.54) is 0 Å². The first-order valence-corrected chi connectivity index (χ1v) is 10.2. The van der Waals surface area contributed by atoms with Gasteiger partial charge in [-0.2, -0.15) is 0 Å². The Hall–Kier alpha value is -2.61. The lowest BCUT2D eigenvalue weighted by Crippen LogP contribution is -2.36. The summed E-state index contributed by atoms with van der Waals surface area (Å²) < 4.78 is 12.7. The molecule has 0 saturated carbocycles. The zero-order chi connectivity index (χ0) is 20.8. The minimum atomic E-state index is -0.0584. The molecule has 8 heteroatoms. The molecule has 1 atom stereocenters. The monoisotopic (exact) mass is 401 g/mol. The van der Waals surface area contributed by atoms with Crippen LogP contribution in [0.5, 0.6) is 11.5 Å². The number of hydrogen-bond acceptors (Lipinski definition) is 6. The molecule has 2 aromatic rings. The van der Waals surface area contributed by atoms with E-state index in [0.29, 0.717) is 18.8 Å². The highest BCUT2D eigenvalue weighted by Gasteiger charge is 2.25. The zero-order valence-electron chi connectivity index (χ0n) is 17.8. The van der Waals surface area contributed by atoms with Gasteiger partial charge in [0.2, 0.25) is 0 Å². The Morgan fingerprint density at radius 1 is 1.24 bits per heavy atom. The Bertz CT molecular complexity index is 818. The minimum absolute atomic E-state index is 0.0584. The zero-order valence-corrected chi connectivity index (χ0v) is 17.8. The number of carbonyl (C=O) groups excluding carboxylic acids is 1. The first-order chi connectivity index (χ1) is 14.1. The molecular weight excluding hydrogens is 370 g/mol. The van der Waals surface area contributed by atoms with Crippen molar-refractivity contribution in [2.45, 2.75) is 39.3 Å². The van der Waals surface area contributed by atoms with Crippen molar-refractivity contribution in [3.05, 3.63) is 35.7 Å². The molecule has 1 aromatic heterocycles. The molecule has 1 aliphatic rings. The highest BCUT2D eigenvalue weighted by molar-refractivity contribution is 5.91. The molecule has 2 heterocycles. The van der Waals surface area contributed by atoms with Crippen LogP contribution in [0.3, 0.4) is 0 Å². The molecule has 8 nitrogen and oxygen atoms in total. The van der Waals surface area contributed by atoms with Crippen LogP contribution in [0.2, 0.25) is 0 Å². The summed E-state index contributed by atoms with van der Waals surface area (Å²) in [6.45, 7) is 7.95. The summed E-state index contributed by atoms with van der Waals surface area (Å²) in [5.74, 6) is 1.56. The number of aromatic nitrogens is 3. The van der Waals surface area contributed by atoms with Crippen molar-refractivity contribution < 1.29 is 14.3 Å². The summed E-state index contributed by atoms with van der Waals surface area (Å²) in [7, 11) is 3.34. The largest absolute Gasteiger partial charge is 0.497 e. The maximum absolute atomic E-state index is 12.5. The van der Waals surface area contributed by atoms with E-state index in [2.05, 4.69) is 21.3 Å². The average Bonchev–Trinajstić information content (AvgIpc) is 3.25. The highest BCUT2D eigenvalue weighted by Crippen LogP contribution is 2.28. The van der Waals surface area contributed by atoms with Crippen molar-refractivity contribution >= 4 is 5.91 Å². The highest BCUT2D eigenvalue weighted by atomic mass is 16.5. The van der Waals surface area contributed by atoms with Crippen molar-refractivity contribution in [1.82, 2.24) is 24.8 Å². The number of methoxy groups -OCH3 is 2. The fourth-order valence-electron chi connectivity index (χ4n) is 3.84. The van der Waals surface area contributed by atoms with Crippen molar-refractivity contribution in [2.24, 2.45) is 0 Å². The fourth-order valence-corrected chi connectivity index (χ4v) is 3.84. The lowest BCUT2D eigenvalue weighted by molar-refractivity contribution is 0.0767. The predicted molar refractivity (Wildman–Crippen MR) is 110 cm³/mol. The fraction of sp³-hybridized carbons (Fsp3) is 0.571. The lowest BCUT2D eigenvalue weighted by atomic mass is 10.0. The summed E-state index contributed by atoms with van der Waals surface area (Å²) in [6, 6.07) is 6.14. The van der Waals surface area contributed by atoms with Crippen LogP contribution in [0.25, 0.3) is 0 Å². The lowest BCUT2D eigenvalue weighted by Gasteiger charge is -2.32. The maximum Gasteiger partial charge on any atom is 0.276 e. The van der Waals surface area contributed by atoms with Crippen LogP contribution < -0.4 is 9.47 Å². The average molecular weight is 402 g/mol. The SMILES string of the molecule is CCN(CC)C(=O)c1cn([C@@H]2CCCN(Cc3ccc(OC)cc3OC)C2)nn1. The van der Waals surface area contributed by atoms with E-state index in [9.17, 15) is 4.79 Å². The van der Waals surface area contributed by atoms with Gasteiger partial charge in [0.25, 0.3) is 5.91 Å². The second kappa shape index (κ2) is 9.73.